The molecule has 22 heavy (non-hydrogen) atoms. The molecule has 0 bridgehead atoms. The fraction of sp³-hybridized carbons (Fsp3) is 0.294. The minimum absolute atomic E-state index is 0.661. The molecule has 0 radical (unpaired) electrons. The third-order valence-electron chi connectivity index (χ3n) is 3.37. The second-order valence-electron chi connectivity index (χ2n) is 5.14. The summed E-state index contributed by atoms with van der Waals surface area (Å²) in [7, 11) is 0. The molecular formula is C17H20N4O. The highest BCUT2D eigenvalue weighted by atomic mass is 16.3. The van der Waals surface area contributed by atoms with Crippen molar-refractivity contribution in [2.24, 2.45) is 0 Å². The summed E-state index contributed by atoms with van der Waals surface area (Å²) < 4.78 is 5.33. The molecule has 5 nitrogen and oxygen atoms in total. The van der Waals surface area contributed by atoms with Gasteiger partial charge in [-0.1, -0.05) is 37.3 Å². The fourth-order valence-corrected chi connectivity index (χ4v) is 2.34. The second-order valence-corrected chi connectivity index (χ2v) is 5.14. The van der Waals surface area contributed by atoms with Crippen molar-refractivity contribution in [1.82, 2.24) is 20.3 Å². The van der Waals surface area contributed by atoms with Crippen LogP contribution < -0.4 is 5.32 Å². The van der Waals surface area contributed by atoms with Gasteiger partial charge >= 0.3 is 0 Å². The average molecular weight is 296 g/mol. The summed E-state index contributed by atoms with van der Waals surface area (Å²) in [6, 6.07) is 14.0. The summed E-state index contributed by atoms with van der Waals surface area (Å²) in [5, 5.41) is 12.6. The van der Waals surface area contributed by atoms with Gasteiger partial charge in [-0.2, -0.15) is 15.0 Å². The molecule has 0 saturated heterocycles. The lowest BCUT2D eigenvalue weighted by molar-refractivity contribution is 0.478. The van der Waals surface area contributed by atoms with E-state index in [-0.39, 0.29) is 0 Å². The van der Waals surface area contributed by atoms with Gasteiger partial charge in [-0.3, -0.25) is 0 Å². The monoisotopic (exact) mass is 296 g/mol. The molecule has 1 aromatic carbocycles. The quantitative estimate of drug-likeness (QED) is 0.727. The van der Waals surface area contributed by atoms with Crippen LogP contribution in [0.15, 0.2) is 53.1 Å². The molecule has 2 heterocycles. The van der Waals surface area contributed by atoms with Crippen LogP contribution in [0.5, 0.6) is 0 Å². The lowest BCUT2D eigenvalue weighted by Crippen LogP contribution is -2.13. The highest BCUT2D eigenvalue weighted by Gasteiger charge is 2.12. The number of aryl methyl sites for hydroxylation is 1. The first-order valence-corrected chi connectivity index (χ1v) is 7.59. The number of nitrogens with zero attached hydrogens (tertiary/aromatic N) is 3. The van der Waals surface area contributed by atoms with E-state index in [4.69, 9.17) is 4.42 Å². The standard InChI is InChI=1S/C17H20N4O/c1-2-10-21-19-16(13-18-12-15-9-6-11-22-15)17(20-21)14-7-4-3-5-8-14/h3-9,11,18H,2,10,12-13H2,1H3. The number of rotatable bonds is 7. The maximum absolute atomic E-state index is 5.33. The first kappa shape index (κ1) is 14.5. The molecule has 3 aromatic rings. The highest BCUT2D eigenvalue weighted by molar-refractivity contribution is 5.60. The largest absolute Gasteiger partial charge is 0.468 e. The Balaban J connectivity index is 1.76. The first-order valence-electron chi connectivity index (χ1n) is 7.59. The van der Waals surface area contributed by atoms with Gasteiger partial charge in [-0.05, 0) is 18.6 Å². The van der Waals surface area contributed by atoms with Crippen LogP contribution in [-0.2, 0) is 19.6 Å². The second kappa shape index (κ2) is 7.04. The summed E-state index contributed by atoms with van der Waals surface area (Å²) in [6.45, 7) is 4.30. The maximum atomic E-state index is 5.33. The first-order chi connectivity index (χ1) is 10.9. The van der Waals surface area contributed by atoms with Crippen molar-refractivity contribution in [2.75, 3.05) is 0 Å². The van der Waals surface area contributed by atoms with Crippen molar-refractivity contribution < 1.29 is 4.42 Å². The number of furan rings is 1. The molecule has 2 aromatic heterocycles. The van der Waals surface area contributed by atoms with E-state index in [1.54, 1.807) is 11.1 Å². The zero-order valence-corrected chi connectivity index (χ0v) is 12.7. The molecule has 3 rings (SSSR count). The molecule has 0 atom stereocenters. The Morgan fingerprint density at radius 3 is 2.64 bits per heavy atom. The zero-order valence-electron chi connectivity index (χ0n) is 12.7. The fourth-order valence-electron chi connectivity index (χ4n) is 2.34. The molecule has 0 amide bonds. The molecule has 1 N–H and O–H groups in total. The van der Waals surface area contributed by atoms with Gasteiger partial charge in [0.1, 0.15) is 17.1 Å². The molecule has 114 valence electrons. The van der Waals surface area contributed by atoms with Crippen molar-refractivity contribution in [1.29, 1.82) is 0 Å². The van der Waals surface area contributed by atoms with Crippen LogP contribution in [0, 0.1) is 0 Å². The van der Waals surface area contributed by atoms with E-state index in [2.05, 4.69) is 34.6 Å². The van der Waals surface area contributed by atoms with Crippen LogP contribution >= 0.6 is 0 Å². The molecule has 0 unspecified atom stereocenters. The van der Waals surface area contributed by atoms with Gasteiger partial charge in [0.05, 0.1) is 19.4 Å². The Hall–Kier alpha value is -2.40. The smallest absolute Gasteiger partial charge is 0.117 e. The van der Waals surface area contributed by atoms with Crippen LogP contribution in [-0.4, -0.2) is 15.0 Å². The predicted octanol–water partition coefficient (Wildman–Crippen LogP) is 3.24. The van der Waals surface area contributed by atoms with Crippen molar-refractivity contribution in [3.63, 3.8) is 0 Å². The van der Waals surface area contributed by atoms with Gasteiger partial charge in [0, 0.05) is 12.1 Å². The molecule has 0 aliphatic rings. The van der Waals surface area contributed by atoms with Gasteiger partial charge in [0.15, 0.2) is 0 Å². The van der Waals surface area contributed by atoms with E-state index >= 15 is 0 Å². The van der Waals surface area contributed by atoms with Gasteiger partial charge in [0.2, 0.25) is 0 Å². The van der Waals surface area contributed by atoms with Gasteiger partial charge < -0.3 is 9.73 Å². The zero-order chi connectivity index (χ0) is 15.2. The Labute approximate surface area is 130 Å². The number of nitrogens with one attached hydrogen (secondary N) is 1. The third kappa shape index (κ3) is 3.43. The van der Waals surface area contributed by atoms with Gasteiger partial charge in [-0.25, -0.2) is 0 Å². The van der Waals surface area contributed by atoms with Gasteiger partial charge in [-0.15, -0.1) is 0 Å². The predicted molar refractivity (Wildman–Crippen MR) is 85.0 cm³/mol. The molecule has 0 spiro atoms. The van der Waals surface area contributed by atoms with E-state index in [1.807, 2.05) is 30.3 Å². The summed E-state index contributed by atoms with van der Waals surface area (Å²) in [4.78, 5) is 1.78. The maximum Gasteiger partial charge on any atom is 0.117 e. The number of hydrogen-bond donors (Lipinski definition) is 1. The Bertz CT molecular complexity index is 689. The molecule has 0 fully saturated rings. The Morgan fingerprint density at radius 2 is 1.91 bits per heavy atom. The summed E-state index contributed by atoms with van der Waals surface area (Å²) in [6.07, 6.45) is 2.70. The van der Waals surface area contributed by atoms with Crippen LogP contribution in [0.25, 0.3) is 11.3 Å². The minimum Gasteiger partial charge on any atom is -0.468 e. The molecule has 0 saturated carbocycles. The van der Waals surface area contributed by atoms with Crippen LogP contribution in [0.2, 0.25) is 0 Å². The topological polar surface area (TPSA) is 55.9 Å². The van der Waals surface area contributed by atoms with Crippen LogP contribution in [0.1, 0.15) is 24.8 Å². The number of benzene rings is 1. The average Bonchev–Trinajstić information content (AvgIpc) is 3.19. The molecule has 0 aliphatic carbocycles. The Kier molecular flexibility index (Phi) is 4.65. The van der Waals surface area contributed by atoms with Crippen LogP contribution in [0.4, 0.5) is 0 Å². The number of hydrogen-bond acceptors (Lipinski definition) is 4. The summed E-state index contributed by atoms with van der Waals surface area (Å²) >= 11 is 0. The van der Waals surface area contributed by atoms with E-state index < -0.39 is 0 Å². The number of aromatic nitrogens is 3. The molecule has 5 heteroatoms. The normalized spacial score (nSPS) is 11.0. The molecule has 0 aliphatic heterocycles. The highest BCUT2D eigenvalue weighted by Crippen LogP contribution is 2.20. The van der Waals surface area contributed by atoms with E-state index in [1.165, 1.54) is 0 Å². The van der Waals surface area contributed by atoms with Crippen molar-refractivity contribution in [3.05, 3.63) is 60.2 Å². The molecular weight excluding hydrogens is 276 g/mol. The van der Waals surface area contributed by atoms with Crippen molar-refractivity contribution >= 4 is 0 Å². The Morgan fingerprint density at radius 1 is 1.05 bits per heavy atom. The summed E-state index contributed by atoms with van der Waals surface area (Å²) in [5.41, 5.74) is 3.01. The van der Waals surface area contributed by atoms with Crippen molar-refractivity contribution in [2.45, 2.75) is 33.0 Å². The van der Waals surface area contributed by atoms with Crippen molar-refractivity contribution in [3.8, 4) is 11.3 Å². The minimum atomic E-state index is 0.661. The van der Waals surface area contributed by atoms with E-state index in [0.29, 0.717) is 13.1 Å². The SMILES string of the molecule is CCCn1nc(CNCc2ccco2)c(-c2ccccc2)n1. The van der Waals surface area contributed by atoms with Crippen LogP contribution in [0.3, 0.4) is 0 Å². The summed E-state index contributed by atoms with van der Waals surface area (Å²) in [5.74, 6) is 0.919. The lowest BCUT2D eigenvalue weighted by Gasteiger charge is -2.02. The van der Waals surface area contributed by atoms with Gasteiger partial charge in [0.25, 0.3) is 0 Å². The van der Waals surface area contributed by atoms with E-state index in [9.17, 15) is 0 Å². The third-order valence-corrected chi connectivity index (χ3v) is 3.37. The van der Waals surface area contributed by atoms with E-state index in [0.717, 1.165) is 35.7 Å². The lowest BCUT2D eigenvalue weighted by atomic mass is 10.1.